The quantitative estimate of drug-likeness (QED) is 0.745. The molecule has 0 fully saturated rings. The van der Waals surface area contributed by atoms with Gasteiger partial charge >= 0.3 is 0 Å². The number of nitrogens with one attached hydrogen (secondary N) is 1. The van der Waals surface area contributed by atoms with Crippen LogP contribution in [0.5, 0.6) is 0 Å². The minimum absolute atomic E-state index is 0.208. The van der Waals surface area contributed by atoms with Crippen molar-refractivity contribution in [1.82, 2.24) is 29.9 Å². The molecular weight excluding hydrogens is 308 g/mol. The van der Waals surface area contributed by atoms with Crippen molar-refractivity contribution >= 4 is 34.5 Å². The first kappa shape index (κ1) is 14.2. The number of imidazole rings is 1. The minimum Gasteiger partial charge on any atom is -0.341 e. The van der Waals surface area contributed by atoms with Crippen molar-refractivity contribution in [2.24, 2.45) is 0 Å². The highest BCUT2D eigenvalue weighted by atomic mass is 35.5. The zero-order chi connectivity index (χ0) is 15.0. The standard InChI is InChI=1S/C13H13ClN6S/c1-6(2)10-19-9(14)7(3)12(20-10)21-13-8-11(16-4-15-8)17-5-18-13/h4-6H,1-3H3,(H,15,16,17,18). The molecule has 0 saturated heterocycles. The molecule has 6 nitrogen and oxygen atoms in total. The Morgan fingerprint density at radius 1 is 1.14 bits per heavy atom. The summed E-state index contributed by atoms with van der Waals surface area (Å²) in [5.74, 6) is 0.933. The predicted octanol–water partition coefficient (Wildman–Crippen LogP) is 3.38. The van der Waals surface area contributed by atoms with Crippen LogP contribution < -0.4 is 0 Å². The Bertz CT molecular complexity index is 800. The molecule has 108 valence electrons. The second kappa shape index (κ2) is 5.57. The van der Waals surface area contributed by atoms with Gasteiger partial charge in [0, 0.05) is 11.5 Å². The molecule has 21 heavy (non-hydrogen) atoms. The second-order valence-electron chi connectivity index (χ2n) is 4.84. The minimum atomic E-state index is 0.208. The summed E-state index contributed by atoms with van der Waals surface area (Å²) in [7, 11) is 0. The van der Waals surface area contributed by atoms with Crippen molar-refractivity contribution < 1.29 is 0 Å². The third kappa shape index (κ3) is 2.71. The van der Waals surface area contributed by atoms with E-state index in [1.165, 1.54) is 18.1 Å². The first-order chi connectivity index (χ1) is 10.1. The normalized spacial score (nSPS) is 11.5. The zero-order valence-corrected chi connectivity index (χ0v) is 13.3. The Morgan fingerprint density at radius 2 is 1.95 bits per heavy atom. The van der Waals surface area contributed by atoms with Crippen LogP contribution in [0.15, 0.2) is 22.7 Å². The maximum Gasteiger partial charge on any atom is 0.181 e. The number of hydrogen-bond donors (Lipinski definition) is 1. The number of fused-ring (bicyclic) bond motifs is 1. The van der Waals surface area contributed by atoms with E-state index in [-0.39, 0.29) is 5.92 Å². The van der Waals surface area contributed by atoms with E-state index < -0.39 is 0 Å². The number of aromatic nitrogens is 6. The number of halogens is 1. The molecule has 1 N–H and O–H groups in total. The van der Waals surface area contributed by atoms with Crippen molar-refractivity contribution in [2.75, 3.05) is 0 Å². The molecule has 0 amide bonds. The van der Waals surface area contributed by atoms with Crippen molar-refractivity contribution in [2.45, 2.75) is 36.7 Å². The molecule has 3 aromatic heterocycles. The van der Waals surface area contributed by atoms with Gasteiger partial charge in [-0.2, -0.15) is 0 Å². The predicted molar refractivity (Wildman–Crippen MR) is 81.7 cm³/mol. The fourth-order valence-electron chi connectivity index (χ4n) is 1.75. The number of hydrogen-bond acceptors (Lipinski definition) is 6. The van der Waals surface area contributed by atoms with E-state index in [1.807, 2.05) is 20.8 Å². The third-order valence-corrected chi connectivity index (χ3v) is 4.42. The van der Waals surface area contributed by atoms with Crippen LogP contribution >= 0.6 is 23.4 Å². The summed E-state index contributed by atoms with van der Waals surface area (Å²) in [6.45, 7) is 5.97. The van der Waals surface area contributed by atoms with Crippen molar-refractivity contribution in [3.63, 3.8) is 0 Å². The number of nitrogens with zero attached hydrogens (tertiary/aromatic N) is 5. The van der Waals surface area contributed by atoms with Gasteiger partial charge in [0.1, 0.15) is 32.9 Å². The number of rotatable bonds is 3. The van der Waals surface area contributed by atoms with Crippen LogP contribution in [0.3, 0.4) is 0 Å². The fraction of sp³-hybridized carbons (Fsp3) is 0.308. The van der Waals surface area contributed by atoms with Gasteiger partial charge in [0.2, 0.25) is 0 Å². The Balaban J connectivity index is 2.07. The van der Waals surface area contributed by atoms with E-state index in [0.29, 0.717) is 10.8 Å². The van der Waals surface area contributed by atoms with Crippen LogP contribution in [0.1, 0.15) is 31.2 Å². The smallest absolute Gasteiger partial charge is 0.181 e. The van der Waals surface area contributed by atoms with E-state index in [1.54, 1.807) is 6.33 Å². The van der Waals surface area contributed by atoms with Gasteiger partial charge in [-0.15, -0.1) is 0 Å². The maximum absolute atomic E-state index is 6.21. The van der Waals surface area contributed by atoms with Crippen molar-refractivity contribution in [3.05, 3.63) is 29.2 Å². The molecule has 0 unspecified atom stereocenters. The Kier molecular flexibility index (Phi) is 3.77. The van der Waals surface area contributed by atoms with Gasteiger partial charge in [0.15, 0.2) is 5.65 Å². The number of H-pyrrole nitrogens is 1. The maximum atomic E-state index is 6.21. The second-order valence-corrected chi connectivity index (χ2v) is 6.18. The molecule has 0 aliphatic rings. The molecule has 0 aliphatic carbocycles. The van der Waals surface area contributed by atoms with Crippen LogP contribution in [0.4, 0.5) is 0 Å². The molecule has 0 aromatic carbocycles. The Morgan fingerprint density at radius 3 is 2.71 bits per heavy atom. The molecular formula is C13H13ClN6S. The van der Waals surface area contributed by atoms with E-state index in [0.717, 1.165) is 27.0 Å². The molecule has 0 saturated carbocycles. The molecule has 3 heterocycles. The summed E-state index contributed by atoms with van der Waals surface area (Å²) in [4.78, 5) is 24.5. The van der Waals surface area contributed by atoms with Gasteiger partial charge in [-0.3, -0.25) is 0 Å². The first-order valence-corrected chi connectivity index (χ1v) is 7.61. The Hall–Kier alpha value is -1.73. The molecule has 0 aliphatic heterocycles. The van der Waals surface area contributed by atoms with Crippen LogP contribution in [-0.4, -0.2) is 29.9 Å². The van der Waals surface area contributed by atoms with Gasteiger partial charge in [0.25, 0.3) is 0 Å². The summed E-state index contributed by atoms with van der Waals surface area (Å²) in [6, 6.07) is 0. The SMILES string of the molecule is Cc1c(Cl)nc(C(C)C)nc1Sc1ncnc2nc[nH]c12. The zero-order valence-electron chi connectivity index (χ0n) is 11.8. The van der Waals surface area contributed by atoms with Crippen LogP contribution in [0, 0.1) is 6.92 Å². The van der Waals surface area contributed by atoms with Gasteiger partial charge in [0.05, 0.1) is 6.33 Å². The monoisotopic (exact) mass is 320 g/mol. The molecule has 0 atom stereocenters. The van der Waals surface area contributed by atoms with Gasteiger partial charge in [-0.25, -0.2) is 24.9 Å². The lowest BCUT2D eigenvalue weighted by Gasteiger charge is -2.10. The van der Waals surface area contributed by atoms with Gasteiger partial charge < -0.3 is 4.98 Å². The lowest BCUT2D eigenvalue weighted by molar-refractivity contribution is 0.747. The average Bonchev–Trinajstić information content (AvgIpc) is 2.92. The Labute approximate surface area is 130 Å². The average molecular weight is 321 g/mol. The summed E-state index contributed by atoms with van der Waals surface area (Å²) in [5, 5.41) is 2.05. The summed E-state index contributed by atoms with van der Waals surface area (Å²) in [6.07, 6.45) is 3.09. The van der Waals surface area contributed by atoms with E-state index in [2.05, 4.69) is 29.9 Å². The summed E-state index contributed by atoms with van der Waals surface area (Å²) < 4.78 is 0. The lowest BCUT2D eigenvalue weighted by atomic mass is 10.2. The third-order valence-electron chi connectivity index (χ3n) is 2.96. The lowest BCUT2D eigenvalue weighted by Crippen LogP contribution is -2.02. The summed E-state index contributed by atoms with van der Waals surface area (Å²) in [5.41, 5.74) is 2.27. The molecule has 3 aromatic rings. The van der Waals surface area contributed by atoms with Crippen molar-refractivity contribution in [3.8, 4) is 0 Å². The van der Waals surface area contributed by atoms with E-state index in [9.17, 15) is 0 Å². The topological polar surface area (TPSA) is 80.2 Å². The highest BCUT2D eigenvalue weighted by Gasteiger charge is 2.15. The molecule has 3 rings (SSSR count). The molecule has 0 radical (unpaired) electrons. The van der Waals surface area contributed by atoms with Gasteiger partial charge in [-0.05, 0) is 18.7 Å². The number of aromatic amines is 1. The fourth-order valence-corrected chi connectivity index (χ4v) is 2.91. The molecule has 0 bridgehead atoms. The summed E-state index contributed by atoms with van der Waals surface area (Å²) >= 11 is 7.65. The highest BCUT2D eigenvalue weighted by molar-refractivity contribution is 7.99. The molecule has 8 heteroatoms. The van der Waals surface area contributed by atoms with Crippen LogP contribution in [0.25, 0.3) is 11.2 Å². The van der Waals surface area contributed by atoms with Crippen LogP contribution in [0.2, 0.25) is 5.15 Å². The largest absolute Gasteiger partial charge is 0.341 e. The first-order valence-electron chi connectivity index (χ1n) is 6.42. The van der Waals surface area contributed by atoms with Gasteiger partial charge in [-0.1, -0.05) is 25.4 Å². The van der Waals surface area contributed by atoms with E-state index >= 15 is 0 Å². The molecule has 0 spiro atoms. The van der Waals surface area contributed by atoms with Crippen LogP contribution in [-0.2, 0) is 0 Å². The highest BCUT2D eigenvalue weighted by Crippen LogP contribution is 2.33. The van der Waals surface area contributed by atoms with Crippen molar-refractivity contribution in [1.29, 1.82) is 0 Å². The van der Waals surface area contributed by atoms with E-state index in [4.69, 9.17) is 11.6 Å².